The van der Waals surface area contributed by atoms with Crippen molar-refractivity contribution < 1.29 is 9.47 Å². The van der Waals surface area contributed by atoms with E-state index < -0.39 is 0 Å². The van der Waals surface area contributed by atoms with Gasteiger partial charge in [0.25, 0.3) is 0 Å². The first-order valence-corrected chi connectivity index (χ1v) is 9.75. The third kappa shape index (κ3) is 9.37. The number of ether oxygens (including phenoxy) is 2. The van der Waals surface area contributed by atoms with Crippen LogP contribution in [0.25, 0.3) is 0 Å². The third-order valence-corrected chi connectivity index (χ3v) is 4.59. The largest absolute Gasteiger partial charge is 0.380 e. The molecule has 1 heterocycles. The number of hydrogen-bond donors (Lipinski definition) is 1. The van der Waals surface area contributed by atoms with Gasteiger partial charge in [0.2, 0.25) is 0 Å². The minimum Gasteiger partial charge on any atom is -0.380 e. The molecule has 0 unspecified atom stereocenters. The zero-order valence-electron chi connectivity index (χ0n) is 18.6. The second-order valence-corrected chi connectivity index (χ2v) is 11.3. The summed E-state index contributed by atoms with van der Waals surface area (Å²) in [6.07, 6.45) is 2.43. The lowest BCUT2D eigenvalue weighted by Crippen LogP contribution is -2.59. The van der Waals surface area contributed by atoms with Gasteiger partial charge < -0.3 is 19.7 Å². The second-order valence-electron chi connectivity index (χ2n) is 11.3. The molecule has 1 aliphatic rings. The molecule has 0 aromatic rings. The Labute approximate surface area is 157 Å². The van der Waals surface area contributed by atoms with Crippen LogP contribution >= 0.6 is 0 Å². The predicted molar refractivity (Wildman–Crippen MR) is 107 cm³/mol. The highest BCUT2D eigenvalue weighted by molar-refractivity contribution is 4.97. The number of nitrogens with zero attached hydrogens (tertiary/aromatic N) is 1. The van der Waals surface area contributed by atoms with E-state index in [1.165, 1.54) is 0 Å². The van der Waals surface area contributed by atoms with Crippen molar-refractivity contribution in [3.63, 3.8) is 0 Å². The first kappa shape index (κ1) is 22.9. The zero-order valence-corrected chi connectivity index (χ0v) is 18.6. The van der Waals surface area contributed by atoms with Crippen molar-refractivity contribution >= 4 is 0 Å². The highest BCUT2D eigenvalue weighted by atomic mass is 16.5. The lowest BCUT2D eigenvalue weighted by atomic mass is 9.81. The molecule has 4 nitrogen and oxygen atoms in total. The molecule has 1 aliphatic heterocycles. The SMILES string of the molecule is CN(C)CC(C)(C)COCC(C)(C)COC1CC(C)(C)NC(C)(C)C1. The summed E-state index contributed by atoms with van der Waals surface area (Å²) in [6.45, 7) is 21.4. The topological polar surface area (TPSA) is 33.7 Å². The summed E-state index contributed by atoms with van der Waals surface area (Å²) in [5, 5.41) is 3.72. The van der Waals surface area contributed by atoms with Crippen LogP contribution in [-0.4, -0.2) is 62.5 Å². The third-order valence-electron chi connectivity index (χ3n) is 4.59. The maximum absolute atomic E-state index is 6.34. The zero-order chi connectivity index (χ0) is 19.5. The summed E-state index contributed by atoms with van der Waals surface area (Å²) in [6, 6.07) is 0. The van der Waals surface area contributed by atoms with Gasteiger partial charge in [0, 0.05) is 28.5 Å². The molecule has 1 rings (SSSR count). The van der Waals surface area contributed by atoms with Crippen LogP contribution < -0.4 is 5.32 Å². The lowest BCUT2D eigenvalue weighted by molar-refractivity contribution is -0.0761. The van der Waals surface area contributed by atoms with Gasteiger partial charge in [0.15, 0.2) is 0 Å². The van der Waals surface area contributed by atoms with E-state index in [9.17, 15) is 0 Å². The molecule has 1 fully saturated rings. The fraction of sp³-hybridized carbons (Fsp3) is 1.00. The fourth-order valence-corrected chi connectivity index (χ4v) is 4.24. The fourth-order valence-electron chi connectivity index (χ4n) is 4.24. The van der Waals surface area contributed by atoms with Gasteiger partial charge >= 0.3 is 0 Å². The summed E-state index contributed by atoms with van der Waals surface area (Å²) in [4.78, 5) is 2.22. The van der Waals surface area contributed by atoms with Crippen molar-refractivity contribution in [1.82, 2.24) is 10.2 Å². The molecule has 0 aromatic heterocycles. The Hall–Kier alpha value is -0.160. The highest BCUT2D eigenvalue weighted by Crippen LogP contribution is 2.31. The van der Waals surface area contributed by atoms with E-state index in [-0.39, 0.29) is 21.9 Å². The monoisotopic (exact) mass is 356 g/mol. The van der Waals surface area contributed by atoms with E-state index in [0.29, 0.717) is 6.10 Å². The van der Waals surface area contributed by atoms with E-state index in [0.717, 1.165) is 39.2 Å². The Morgan fingerprint density at radius 3 is 1.84 bits per heavy atom. The Morgan fingerprint density at radius 2 is 1.36 bits per heavy atom. The molecule has 0 bridgehead atoms. The van der Waals surface area contributed by atoms with Crippen molar-refractivity contribution in [1.29, 1.82) is 0 Å². The minimum atomic E-state index is 0.0351. The molecule has 1 saturated heterocycles. The summed E-state index contributed by atoms with van der Waals surface area (Å²) >= 11 is 0. The van der Waals surface area contributed by atoms with Crippen molar-refractivity contribution in [2.24, 2.45) is 10.8 Å². The molecule has 0 spiro atoms. The quantitative estimate of drug-likeness (QED) is 0.678. The van der Waals surface area contributed by atoms with Crippen LogP contribution in [0.3, 0.4) is 0 Å². The van der Waals surface area contributed by atoms with E-state index in [1.54, 1.807) is 0 Å². The van der Waals surface area contributed by atoms with Crippen molar-refractivity contribution in [2.45, 2.75) is 85.4 Å². The molecule has 0 aliphatic carbocycles. The van der Waals surface area contributed by atoms with Gasteiger partial charge in [-0.2, -0.15) is 0 Å². The van der Waals surface area contributed by atoms with Gasteiger partial charge in [-0.15, -0.1) is 0 Å². The molecule has 0 amide bonds. The van der Waals surface area contributed by atoms with E-state index >= 15 is 0 Å². The van der Waals surface area contributed by atoms with Crippen LogP contribution in [-0.2, 0) is 9.47 Å². The van der Waals surface area contributed by atoms with Gasteiger partial charge in [-0.05, 0) is 54.6 Å². The van der Waals surface area contributed by atoms with Gasteiger partial charge in [-0.1, -0.05) is 27.7 Å². The molecular weight excluding hydrogens is 312 g/mol. The number of hydrogen-bond acceptors (Lipinski definition) is 4. The average molecular weight is 357 g/mol. The van der Waals surface area contributed by atoms with E-state index in [2.05, 4.69) is 79.7 Å². The molecule has 1 N–H and O–H groups in total. The molecule has 4 heteroatoms. The van der Waals surface area contributed by atoms with Gasteiger partial charge in [-0.3, -0.25) is 0 Å². The van der Waals surface area contributed by atoms with Gasteiger partial charge in [0.05, 0.1) is 25.9 Å². The first-order chi connectivity index (χ1) is 11.1. The Morgan fingerprint density at radius 1 is 0.880 bits per heavy atom. The van der Waals surface area contributed by atoms with E-state index in [4.69, 9.17) is 9.47 Å². The molecular formula is C21H44N2O2. The molecule has 0 radical (unpaired) electrons. The number of piperidine rings is 1. The van der Waals surface area contributed by atoms with Crippen LogP contribution in [0.1, 0.15) is 68.2 Å². The number of rotatable bonds is 9. The van der Waals surface area contributed by atoms with Crippen LogP contribution in [0, 0.1) is 10.8 Å². The second kappa shape index (κ2) is 8.24. The smallest absolute Gasteiger partial charge is 0.0610 e. The Kier molecular flexibility index (Phi) is 7.55. The van der Waals surface area contributed by atoms with Gasteiger partial charge in [0.1, 0.15) is 0 Å². The summed E-state index contributed by atoms with van der Waals surface area (Å²) in [5.74, 6) is 0. The molecule has 0 atom stereocenters. The van der Waals surface area contributed by atoms with Crippen LogP contribution in [0.15, 0.2) is 0 Å². The molecule has 0 saturated carbocycles. The van der Waals surface area contributed by atoms with E-state index in [1.807, 2.05) is 0 Å². The average Bonchev–Trinajstić information content (AvgIpc) is 2.30. The van der Waals surface area contributed by atoms with Gasteiger partial charge in [-0.25, -0.2) is 0 Å². The van der Waals surface area contributed by atoms with Crippen LogP contribution in [0.5, 0.6) is 0 Å². The summed E-state index contributed by atoms with van der Waals surface area (Å²) in [7, 11) is 4.23. The standard InChI is InChI=1S/C21H44N2O2/c1-18(2,13-23(9)10)14-24-15-19(3,4)16-25-17-11-20(5,6)22-21(7,8)12-17/h17,22H,11-16H2,1-10H3. The first-order valence-electron chi connectivity index (χ1n) is 9.75. The lowest BCUT2D eigenvalue weighted by Gasteiger charge is -2.46. The van der Waals surface area contributed by atoms with Crippen LogP contribution in [0.4, 0.5) is 0 Å². The molecule has 25 heavy (non-hydrogen) atoms. The van der Waals surface area contributed by atoms with Crippen molar-refractivity contribution in [3.8, 4) is 0 Å². The molecule has 150 valence electrons. The maximum Gasteiger partial charge on any atom is 0.0610 e. The normalized spacial score (nSPS) is 21.7. The highest BCUT2D eigenvalue weighted by Gasteiger charge is 2.38. The van der Waals surface area contributed by atoms with Crippen molar-refractivity contribution in [3.05, 3.63) is 0 Å². The Balaban J connectivity index is 2.42. The molecule has 0 aromatic carbocycles. The van der Waals surface area contributed by atoms with Crippen molar-refractivity contribution in [2.75, 3.05) is 40.5 Å². The maximum atomic E-state index is 6.34. The number of nitrogens with one attached hydrogen (secondary N) is 1. The Bertz CT molecular complexity index is 398. The summed E-state index contributed by atoms with van der Waals surface area (Å²) < 4.78 is 12.4. The minimum absolute atomic E-state index is 0.0351. The summed E-state index contributed by atoms with van der Waals surface area (Å²) in [5.41, 5.74) is 0.462. The predicted octanol–water partition coefficient (Wildman–Crippen LogP) is 3.94. The van der Waals surface area contributed by atoms with Crippen LogP contribution in [0.2, 0.25) is 0 Å².